The summed E-state index contributed by atoms with van der Waals surface area (Å²) in [6.07, 6.45) is 7.52. The molecule has 0 N–H and O–H groups in total. The number of anilines is 2. The van der Waals surface area contributed by atoms with Crippen LogP contribution in [0.25, 0.3) is 11.1 Å². The molecule has 3 aromatic rings. The molecule has 3 aromatic carbocycles. The summed E-state index contributed by atoms with van der Waals surface area (Å²) >= 11 is 0. The Morgan fingerprint density at radius 3 is 1.89 bits per heavy atom. The van der Waals surface area contributed by atoms with Crippen molar-refractivity contribution < 1.29 is 0 Å². The van der Waals surface area contributed by atoms with Gasteiger partial charge in [0.25, 0.3) is 0 Å². The average molecular weight is 354 g/mol. The number of rotatable bonds is 6. The summed E-state index contributed by atoms with van der Waals surface area (Å²) in [5.74, 6) is 0. The molecule has 3 rings (SSSR count). The van der Waals surface area contributed by atoms with Crippen LogP contribution in [0.3, 0.4) is 0 Å². The fraction of sp³-hybridized carbons (Fsp3) is 0.154. The van der Waals surface area contributed by atoms with Gasteiger partial charge in [-0.1, -0.05) is 79.2 Å². The average Bonchev–Trinajstić information content (AvgIpc) is 2.71. The molecule has 27 heavy (non-hydrogen) atoms. The third-order valence-electron chi connectivity index (χ3n) is 4.53. The van der Waals surface area contributed by atoms with Crippen LogP contribution in [0.5, 0.6) is 0 Å². The van der Waals surface area contributed by atoms with Crippen molar-refractivity contribution in [3.05, 3.63) is 108 Å². The van der Waals surface area contributed by atoms with Gasteiger partial charge in [0.1, 0.15) is 0 Å². The van der Waals surface area contributed by atoms with Crippen LogP contribution in [-0.4, -0.2) is 0 Å². The quantitative estimate of drug-likeness (QED) is 0.411. The first-order chi connectivity index (χ1) is 13.2. The Bertz CT molecular complexity index is 901. The van der Waals surface area contributed by atoms with Crippen LogP contribution >= 0.6 is 0 Å². The summed E-state index contributed by atoms with van der Waals surface area (Å²) in [5.41, 5.74) is 7.28. The maximum atomic E-state index is 2.31. The second-order valence-corrected chi connectivity index (χ2v) is 6.62. The summed E-state index contributed by atoms with van der Waals surface area (Å²) < 4.78 is 0. The lowest BCUT2D eigenvalue weighted by molar-refractivity contribution is 1.13. The largest absolute Gasteiger partial charge is 0.311 e. The molecule has 0 saturated heterocycles. The van der Waals surface area contributed by atoms with Gasteiger partial charge in [0.05, 0.1) is 0 Å². The molecule has 0 unspecified atom stereocenters. The molecular formula is C26H27N. The molecule has 0 heterocycles. The van der Waals surface area contributed by atoms with Crippen LogP contribution < -0.4 is 4.90 Å². The van der Waals surface area contributed by atoms with Crippen molar-refractivity contribution in [2.24, 2.45) is 0 Å². The highest BCUT2D eigenvalue weighted by Gasteiger charge is 2.12. The molecule has 136 valence electrons. The minimum atomic E-state index is 0.991. The van der Waals surface area contributed by atoms with Gasteiger partial charge >= 0.3 is 0 Å². The molecular weight excluding hydrogens is 326 g/mol. The summed E-state index contributed by atoms with van der Waals surface area (Å²) in [5, 5.41) is 0. The Hall–Kier alpha value is -3.06. The van der Waals surface area contributed by atoms with Gasteiger partial charge in [0.2, 0.25) is 0 Å². The van der Waals surface area contributed by atoms with Crippen LogP contribution in [-0.2, 0) is 0 Å². The van der Waals surface area contributed by atoms with Crippen LogP contribution in [0, 0.1) is 6.92 Å². The molecule has 0 aliphatic carbocycles. The van der Waals surface area contributed by atoms with E-state index in [0.29, 0.717) is 0 Å². The van der Waals surface area contributed by atoms with Gasteiger partial charge in [-0.25, -0.2) is 0 Å². The molecule has 0 aliphatic rings. The van der Waals surface area contributed by atoms with E-state index in [1.807, 2.05) is 0 Å². The van der Waals surface area contributed by atoms with Gasteiger partial charge in [-0.2, -0.15) is 0 Å². The van der Waals surface area contributed by atoms with Gasteiger partial charge in [0.15, 0.2) is 0 Å². The minimum Gasteiger partial charge on any atom is -0.311 e. The van der Waals surface area contributed by atoms with E-state index in [2.05, 4.69) is 123 Å². The molecule has 0 bridgehead atoms. The first-order valence-corrected chi connectivity index (χ1v) is 9.58. The number of benzene rings is 3. The lowest BCUT2D eigenvalue weighted by Gasteiger charge is -2.26. The highest BCUT2D eigenvalue weighted by Crippen LogP contribution is 2.32. The predicted octanol–water partition coefficient (Wildman–Crippen LogP) is 7.67. The second kappa shape index (κ2) is 9.05. The fourth-order valence-corrected chi connectivity index (χ4v) is 3.19. The monoisotopic (exact) mass is 353 g/mol. The zero-order chi connectivity index (χ0) is 19.1. The van der Waals surface area contributed by atoms with Gasteiger partial charge in [-0.05, 0) is 61.7 Å². The highest BCUT2D eigenvalue weighted by molar-refractivity contribution is 5.73. The standard InChI is InChI=1S/C26H27N/c1-4-9-24(10-5-2)27(25-11-7-6-8-12-25)26-19-17-23(18-20-26)22-15-13-21(3)14-16-22/h4,6-20H,5H2,1-3H3/b9-4-,24-10+. The lowest BCUT2D eigenvalue weighted by atomic mass is 10.0. The van der Waals surface area contributed by atoms with Crippen LogP contribution in [0.4, 0.5) is 11.4 Å². The van der Waals surface area contributed by atoms with Crippen molar-refractivity contribution in [1.82, 2.24) is 0 Å². The number of nitrogens with zero attached hydrogens (tertiary/aromatic N) is 1. The van der Waals surface area contributed by atoms with Crippen molar-refractivity contribution in [2.45, 2.75) is 27.2 Å². The number of para-hydroxylation sites is 1. The molecule has 1 nitrogen and oxygen atoms in total. The summed E-state index contributed by atoms with van der Waals surface area (Å²) in [7, 11) is 0. The minimum absolute atomic E-state index is 0.991. The van der Waals surface area contributed by atoms with E-state index >= 15 is 0 Å². The predicted molar refractivity (Wildman–Crippen MR) is 118 cm³/mol. The zero-order valence-electron chi connectivity index (χ0n) is 16.4. The summed E-state index contributed by atoms with van der Waals surface area (Å²) in [6, 6.07) is 28.0. The normalized spacial score (nSPS) is 11.7. The van der Waals surface area contributed by atoms with Crippen LogP contribution in [0.1, 0.15) is 25.8 Å². The number of aryl methyl sites for hydroxylation is 1. The van der Waals surface area contributed by atoms with Crippen molar-refractivity contribution in [2.75, 3.05) is 4.90 Å². The third-order valence-corrected chi connectivity index (χ3v) is 4.53. The number of hydrogen-bond donors (Lipinski definition) is 0. The fourth-order valence-electron chi connectivity index (χ4n) is 3.19. The van der Waals surface area contributed by atoms with Gasteiger partial charge < -0.3 is 4.90 Å². The summed E-state index contributed by atoms with van der Waals surface area (Å²) in [4.78, 5) is 2.31. The maximum absolute atomic E-state index is 2.31. The van der Waals surface area contributed by atoms with Gasteiger partial charge in [-0.15, -0.1) is 0 Å². The molecule has 0 atom stereocenters. The van der Waals surface area contributed by atoms with Crippen molar-refractivity contribution in [3.8, 4) is 11.1 Å². The van der Waals surface area contributed by atoms with E-state index in [4.69, 9.17) is 0 Å². The Morgan fingerprint density at radius 2 is 1.33 bits per heavy atom. The topological polar surface area (TPSA) is 3.24 Å². The van der Waals surface area contributed by atoms with Crippen LogP contribution in [0.2, 0.25) is 0 Å². The van der Waals surface area contributed by atoms with E-state index in [1.54, 1.807) is 0 Å². The Labute approximate surface area is 163 Å². The molecule has 0 fully saturated rings. The molecule has 0 spiro atoms. The molecule has 1 heteroatoms. The molecule has 0 radical (unpaired) electrons. The van der Waals surface area contributed by atoms with E-state index in [1.165, 1.54) is 28.1 Å². The lowest BCUT2D eigenvalue weighted by Crippen LogP contribution is -2.15. The zero-order valence-corrected chi connectivity index (χ0v) is 16.4. The van der Waals surface area contributed by atoms with Crippen molar-refractivity contribution in [3.63, 3.8) is 0 Å². The van der Waals surface area contributed by atoms with Crippen LogP contribution in [0.15, 0.2) is 103 Å². The first-order valence-electron chi connectivity index (χ1n) is 9.58. The first kappa shape index (κ1) is 18.7. The van der Waals surface area contributed by atoms with Gasteiger partial charge in [0, 0.05) is 17.1 Å². The van der Waals surface area contributed by atoms with Gasteiger partial charge in [-0.3, -0.25) is 0 Å². The highest BCUT2D eigenvalue weighted by atomic mass is 15.1. The number of hydrogen-bond acceptors (Lipinski definition) is 1. The van der Waals surface area contributed by atoms with Crippen molar-refractivity contribution >= 4 is 11.4 Å². The SMILES string of the molecule is C/C=C\C(=C/CC)N(c1ccccc1)c1ccc(-c2ccc(C)cc2)cc1. The second-order valence-electron chi connectivity index (χ2n) is 6.62. The molecule has 0 aromatic heterocycles. The maximum Gasteiger partial charge on any atom is 0.0461 e. The Morgan fingerprint density at radius 1 is 0.778 bits per heavy atom. The Kier molecular flexibility index (Phi) is 6.27. The van der Waals surface area contributed by atoms with E-state index in [-0.39, 0.29) is 0 Å². The number of allylic oxidation sites excluding steroid dienone is 3. The smallest absolute Gasteiger partial charge is 0.0461 e. The molecule has 0 aliphatic heterocycles. The third kappa shape index (κ3) is 4.57. The van der Waals surface area contributed by atoms with Crippen molar-refractivity contribution in [1.29, 1.82) is 0 Å². The van der Waals surface area contributed by atoms with E-state index < -0.39 is 0 Å². The van der Waals surface area contributed by atoms with E-state index in [0.717, 1.165) is 12.1 Å². The Balaban J connectivity index is 2.02. The summed E-state index contributed by atoms with van der Waals surface area (Å²) in [6.45, 7) is 6.35. The van der Waals surface area contributed by atoms with E-state index in [9.17, 15) is 0 Å². The molecule has 0 amide bonds. The molecule has 0 saturated carbocycles.